The fourth-order valence-corrected chi connectivity index (χ4v) is 3.25. The van der Waals surface area contributed by atoms with Gasteiger partial charge in [0.25, 0.3) is 0 Å². The van der Waals surface area contributed by atoms with Crippen molar-refractivity contribution in [2.24, 2.45) is 0 Å². The van der Waals surface area contributed by atoms with Crippen LogP contribution in [0, 0.1) is 0 Å². The van der Waals surface area contributed by atoms with Crippen molar-refractivity contribution < 1.29 is 0 Å². The van der Waals surface area contributed by atoms with Crippen LogP contribution in [0.2, 0.25) is 0 Å². The molecular formula is C13H23N3S. The van der Waals surface area contributed by atoms with Crippen molar-refractivity contribution in [1.82, 2.24) is 15.5 Å². The molecule has 2 N–H and O–H groups in total. The van der Waals surface area contributed by atoms with Gasteiger partial charge in [0.1, 0.15) is 0 Å². The second-order valence-corrected chi connectivity index (χ2v) is 5.93. The van der Waals surface area contributed by atoms with E-state index in [0.717, 1.165) is 13.1 Å². The highest BCUT2D eigenvalue weighted by molar-refractivity contribution is 7.10. The Morgan fingerprint density at radius 2 is 2.47 bits per heavy atom. The summed E-state index contributed by atoms with van der Waals surface area (Å²) in [4.78, 5) is 3.75. The molecule has 1 aromatic rings. The van der Waals surface area contributed by atoms with Crippen molar-refractivity contribution in [2.45, 2.75) is 24.9 Å². The molecule has 96 valence electrons. The number of piperidine rings is 1. The van der Waals surface area contributed by atoms with Crippen molar-refractivity contribution in [1.29, 1.82) is 0 Å². The zero-order chi connectivity index (χ0) is 12.1. The molecule has 2 unspecified atom stereocenters. The highest BCUT2D eigenvalue weighted by Crippen LogP contribution is 2.22. The fourth-order valence-electron chi connectivity index (χ4n) is 2.32. The molecule has 0 amide bonds. The first kappa shape index (κ1) is 13.0. The lowest BCUT2D eigenvalue weighted by Crippen LogP contribution is -2.45. The van der Waals surface area contributed by atoms with Gasteiger partial charge in [-0.3, -0.25) is 0 Å². The van der Waals surface area contributed by atoms with Gasteiger partial charge in [0.2, 0.25) is 0 Å². The Kier molecular flexibility index (Phi) is 4.98. The maximum atomic E-state index is 3.69. The molecule has 2 atom stereocenters. The summed E-state index contributed by atoms with van der Waals surface area (Å²) in [7, 11) is 4.32. The van der Waals surface area contributed by atoms with Crippen molar-refractivity contribution in [3.8, 4) is 0 Å². The van der Waals surface area contributed by atoms with Crippen LogP contribution in [0.4, 0.5) is 0 Å². The van der Waals surface area contributed by atoms with E-state index in [1.807, 2.05) is 11.3 Å². The molecule has 0 spiro atoms. The second-order valence-electron chi connectivity index (χ2n) is 4.95. The van der Waals surface area contributed by atoms with E-state index in [1.54, 1.807) is 0 Å². The number of nitrogens with one attached hydrogen (secondary N) is 2. The summed E-state index contributed by atoms with van der Waals surface area (Å²) in [6.45, 7) is 3.34. The standard InChI is InChI=1S/C13H23N3S/c1-16(2)12(13-6-4-8-17-13)10-15-11-5-3-7-14-9-11/h4,6,8,11-12,14-15H,3,5,7,9-10H2,1-2H3. The van der Waals surface area contributed by atoms with Crippen molar-refractivity contribution in [2.75, 3.05) is 33.7 Å². The molecule has 0 bridgehead atoms. The summed E-state index contributed by atoms with van der Waals surface area (Å²) in [6.07, 6.45) is 2.60. The lowest BCUT2D eigenvalue weighted by Gasteiger charge is -2.29. The van der Waals surface area contributed by atoms with Gasteiger partial charge in [0.15, 0.2) is 0 Å². The summed E-state index contributed by atoms with van der Waals surface area (Å²) in [5.41, 5.74) is 0. The maximum Gasteiger partial charge on any atom is 0.0561 e. The minimum atomic E-state index is 0.497. The molecule has 3 nitrogen and oxygen atoms in total. The van der Waals surface area contributed by atoms with E-state index in [-0.39, 0.29) is 0 Å². The summed E-state index contributed by atoms with van der Waals surface area (Å²) >= 11 is 1.85. The molecular weight excluding hydrogens is 230 g/mol. The van der Waals surface area contributed by atoms with E-state index in [0.29, 0.717) is 12.1 Å². The molecule has 17 heavy (non-hydrogen) atoms. The van der Waals surface area contributed by atoms with Gasteiger partial charge in [0, 0.05) is 24.0 Å². The second kappa shape index (κ2) is 6.50. The molecule has 1 aromatic heterocycles. The minimum Gasteiger partial charge on any atom is -0.315 e. The molecule has 1 fully saturated rings. The van der Waals surface area contributed by atoms with Gasteiger partial charge in [0.05, 0.1) is 6.04 Å². The van der Waals surface area contributed by atoms with Crippen LogP contribution in [-0.4, -0.2) is 44.7 Å². The third kappa shape index (κ3) is 3.78. The average Bonchev–Trinajstić information content (AvgIpc) is 2.84. The number of rotatable bonds is 5. The van der Waals surface area contributed by atoms with Gasteiger partial charge >= 0.3 is 0 Å². The molecule has 2 heterocycles. The normalized spacial score (nSPS) is 22.9. The van der Waals surface area contributed by atoms with Crippen molar-refractivity contribution in [3.05, 3.63) is 22.4 Å². The smallest absolute Gasteiger partial charge is 0.0561 e. The Hall–Kier alpha value is -0.420. The molecule has 4 heteroatoms. The zero-order valence-corrected chi connectivity index (χ0v) is 11.6. The lowest BCUT2D eigenvalue weighted by atomic mass is 10.1. The van der Waals surface area contributed by atoms with Crippen LogP contribution < -0.4 is 10.6 Å². The van der Waals surface area contributed by atoms with Crippen LogP contribution in [0.15, 0.2) is 17.5 Å². The summed E-state index contributed by atoms with van der Waals surface area (Å²) in [5, 5.41) is 9.30. The number of thiophene rings is 1. The third-order valence-corrected chi connectivity index (χ3v) is 4.37. The average molecular weight is 253 g/mol. The molecule has 1 aliphatic heterocycles. The largest absolute Gasteiger partial charge is 0.315 e. The number of hydrogen-bond acceptors (Lipinski definition) is 4. The predicted octanol–water partition coefficient (Wildman–Crippen LogP) is 1.69. The molecule has 1 saturated heterocycles. The third-order valence-electron chi connectivity index (χ3n) is 3.39. The molecule has 0 aromatic carbocycles. The monoisotopic (exact) mass is 253 g/mol. The van der Waals surface area contributed by atoms with Crippen LogP contribution in [0.1, 0.15) is 23.8 Å². The molecule has 1 aliphatic rings. The van der Waals surface area contributed by atoms with Gasteiger partial charge in [-0.2, -0.15) is 0 Å². The molecule has 0 aliphatic carbocycles. The predicted molar refractivity (Wildman–Crippen MR) is 74.6 cm³/mol. The van der Waals surface area contributed by atoms with Gasteiger partial charge in [-0.25, -0.2) is 0 Å². The van der Waals surface area contributed by atoms with E-state index in [1.165, 1.54) is 24.3 Å². The highest BCUT2D eigenvalue weighted by Gasteiger charge is 2.18. The van der Waals surface area contributed by atoms with E-state index in [2.05, 4.69) is 47.1 Å². The SMILES string of the molecule is CN(C)C(CNC1CCCNC1)c1cccs1. The van der Waals surface area contributed by atoms with Gasteiger partial charge in [-0.1, -0.05) is 6.07 Å². The van der Waals surface area contributed by atoms with Crippen LogP contribution >= 0.6 is 11.3 Å². The summed E-state index contributed by atoms with van der Waals surface area (Å²) in [6, 6.07) is 5.51. The van der Waals surface area contributed by atoms with Crippen LogP contribution in [0.5, 0.6) is 0 Å². The lowest BCUT2D eigenvalue weighted by molar-refractivity contribution is 0.272. The minimum absolute atomic E-state index is 0.497. The van der Waals surface area contributed by atoms with Crippen molar-refractivity contribution in [3.63, 3.8) is 0 Å². The van der Waals surface area contributed by atoms with Crippen LogP contribution in [0.3, 0.4) is 0 Å². The first-order valence-corrected chi connectivity index (χ1v) is 7.29. The zero-order valence-electron chi connectivity index (χ0n) is 10.8. The van der Waals surface area contributed by atoms with Crippen molar-refractivity contribution >= 4 is 11.3 Å². The summed E-state index contributed by atoms with van der Waals surface area (Å²) in [5.74, 6) is 0. The van der Waals surface area contributed by atoms with E-state index in [9.17, 15) is 0 Å². The van der Waals surface area contributed by atoms with E-state index < -0.39 is 0 Å². The Morgan fingerprint density at radius 3 is 3.06 bits per heavy atom. The summed E-state index contributed by atoms with van der Waals surface area (Å²) < 4.78 is 0. The Morgan fingerprint density at radius 1 is 1.59 bits per heavy atom. The first-order chi connectivity index (χ1) is 8.27. The maximum absolute atomic E-state index is 3.69. The number of hydrogen-bond donors (Lipinski definition) is 2. The van der Waals surface area contributed by atoms with Gasteiger partial charge < -0.3 is 15.5 Å². The van der Waals surface area contributed by atoms with E-state index in [4.69, 9.17) is 0 Å². The molecule has 0 radical (unpaired) electrons. The van der Waals surface area contributed by atoms with Crippen LogP contribution in [-0.2, 0) is 0 Å². The highest BCUT2D eigenvalue weighted by atomic mass is 32.1. The quantitative estimate of drug-likeness (QED) is 0.836. The topological polar surface area (TPSA) is 27.3 Å². The number of likely N-dealkylation sites (N-methyl/N-ethyl adjacent to an activating group) is 1. The molecule has 0 saturated carbocycles. The van der Waals surface area contributed by atoms with Gasteiger partial charge in [-0.05, 0) is 44.9 Å². The first-order valence-electron chi connectivity index (χ1n) is 6.41. The Balaban J connectivity index is 1.85. The number of nitrogens with zero attached hydrogens (tertiary/aromatic N) is 1. The van der Waals surface area contributed by atoms with Gasteiger partial charge in [-0.15, -0.1) is 11.3 Å². The molecule has 2 rings (SSSR count). The van der Waals surface area contributed by atoms with Crippen LogP contribution in [0.25, 0.3) is 0 Å². The fraction of sp³-hybridized carbons (Fsp3) is 0.692. The Bertz CT molecular complexity index is 304. The Labute approximate surface area is 108 Å². The van der Waals surface area contributed by atoms with E-state index >= 15 is 0 Å².